The Morgan fingerprint density at radius 2 is 1.95 bits per heavy atom. The lowest BCUT2D eigenvalue weighted by molar-refractivity contribution is -0.381. The minimum Gasteiger partial charge on any atom is -0.257 e. The fourth-order valence-corrected chi connectivity index (χ4v) is 4.58. The fraction of sp³-hybridized carbons (Fsp3) is 0.100. The Kier molecular flexibility index (Phi) is 4.43. The van der Waals surface area contributed by atoms with E-state index in [4.69, 9.17) is 11.6 Å². The molecule has 0 saturated carbocycles. The molecule has 1 unspecified atom stereocenters. The van der Waals surface area contributed by atoms with Gasteiger partial charge in [-0.15, -0.1) is 0 Å². The van der Waals surface area contributed by atoms with Gasteiger partial charge in [0.25, 0.3) is 0 Å². The van der Waals surface area contributed by atoms with Crippen LogP contribution in [0, 0.1) is 10.1 Å². The Bertz CT molecular complexity index is 748. The van der Waals surface area contributed by atoms with Crippen LogP contribution >= 0.6 is 38.9 Å². The summed E-state index contributed by atoms with van der Waals surface area (Å²) < 4.78 is 23.2. The van der Waals surface area contributed by atoms with Gasteiger partial charge in [0.2, 0.25) is 9.84 Å². The van der Waals surface area contributed by atoms with Crippen molar-refractivity contribution in [2.24, 2.45) is 0 Å². The molecule has 0 aliphatic carbocycles. The third-order valence-electron chi connectivity index (χ3n) is 2.33. The van der Waals surface area contributed by atoms with Crippen molar-refractivity contribution in [1.29, 1.82) is 0 Å². The summed E-state index contributed by atoms with van der Waals surface area (Å²) in [7, 11) is -3.95. The summed E-state index contributed by atoms with van der Waals surface area (Å²) in [5.74, 6) is 0. The highest BCUT2D eigenvalue weighted by Crippen LogP contribution is 2.41. The Balaban J connectivity index is 2.52. The topological polar surface area (TPSA) is 90.2 Å². The first kappa shape index (κ1) is 15.4. The highest BCUT2D eigenvalue weighted by Gasteiger charge is 2.36. The van der Waals surface area contributed by atoms with E-state index in [2.05, 4.69) is 20.9 Å². The zero-order chi connectivity index (χ0) is 14.9. The quantitative estimate of drug-likeness (QED) is 0.447. The molecular formula is C10H6BrClN2O4S2. The van der Waals surface area contributed by atoms with E-state index in [1.54, 1.807) is 18.2 Å². The van der Waals surface area contributed by atoms with Gasteiger partial charge in [0.1, 0.15) is 0 Å². The van der Waals surface area contributed by atoms with Crippen LogP contribution in [0.25, 0.3) is 0 Å². The smallest absolute Gasteiger partial charge is 0.257 e. The van der Waals surface area contributed by atoms with Crippen LogP contribution in [-0.4, -0.2) is 18.3 Å². The van der Waals surface area contributed by atoms with E-state index in [0.29, 0.717) is 0 Å². The maximum Gasteiger partial charge on any atom is 0.350 e. The molecule has 0 radical (unpaired) electrons. The summed E-state index contributed by atoms with van der Waals surface area (Å²) in [4.78, 5) is 14.0. The summed E-state index contributed by atoms with van der Waals surface area (Å²) in [5, 5.41) is 10.5. The molecule has 20 heavy (non-hydrogen) atoms. The number of benzene rings is 1. The van der Waals surface area contributed by atoms with Gasteiger partial charge in [-0.05, 0) is 39.4 Å². The van der Waals surface area contributed by atoms with Crippen molar-refractivity contribution >= 4 is 53.7 Å². The standard InChI is InChI=1S/C10H6BrClN2O4S2/c11-10-13-7(9(19-10)14(15)16)8(12)20(17,18)6-4-2-1-3-5-6/h1-5,8H. The Hall–Kier alpha value is -1.03. The van der Waals surface area contributed by atoms with Crippen molar-refractivity contribution in [3.63, 3.8) is 0 Å². The Labute approximate surface area is 131 Å². The van der Waals surface area contributed by atoms with Crippen molar-refractivity contribution in [2.45, 2.75) is 9.60 Å². The molecule has 2 rings (SSSR count). The predicted molar refractivity (Wildman–Crippen MR) is 78.7 cm³/mol. The molecule has 0 spiro atoms. The molecule has 1 atom stereocenters. The third kappa shape index (κ3) is 2.85. The number of sulfone groups is 1. The van der Waals surface area contributed by atoms with Crippen molar-refractivity contribution in [1.82, 2.24) is 4.98 Å². The van der Waals surface area contributed by atoms with Gasteiger partial charge in [0, 0.05) is 0 Å². The zero-order valence-corrected chi connectivity index (χ0v) is 13.5. The highest BCUT2D eigenvalue weighted by atomic mass is 79.9. The minimum atomic E-state index is -3.95. The van der Waals surface area contributed by atoms with E-state index in [1.165, 1.54) is 12.1 Å². The van der Waals surface area contributed by atoms with Crippen molar-refractivity contribution in [3.05, 3.63) is 50.1 Å². The van der Waals surface area contributed by atoms with Gasteiger partial charge in [0.05, 0.1) is 9.82 Å². The molecule has 2 aromatic rings. The summed E-state index contributed by atoms with van der Waals surface area (Å²) in [6.45, 7) is 0. The molecule has 0 fully saturated rings. The monoisotopic (exact) mass is 396 g/mol. The second-order valence-corrected chi connectivity index (χ2v) is 8.57. The number of thiazole rings is 1. The van der Waals surface area contributed by atoms with Gasteiger partial charge in [-0.25, -0.2) is 13.4 Å². The largest absolute Gasteiger partial charge is 0.350 e. The summed E-state index contributed by atoms with van der Waals surface area (Å²) in [5.41, 5.74) is -0.280. The van der Waals surface area contributed by atoms with Gasteiger partial charge in [-0.3, -0.25) is 10.1 Å². The zero-order valence-electron chi connectivity index (χ0n) is 9.56. The molecule has 6 nitrogen and oxygen atoms in total. The molecule has 0 amide bonds. The van der Waals surface area contributed by atoms with E-state index in [-0.39, 0.29) is 14.5 Å². The number of alkyl halides is 1. The van der Waals surface area contributed by atoms with Crippen molar-refractivity contribution in [3.8, 4) is 0 Å². The first-order valence-electron chi connectivity index (χ1n) is 5.07. The number of rotatable bonds is 4. The SMILES string of the molecule is O=[N+]([O-])c1sc(Br)nc1C(Cl)S(=O)(=O)c1ccccc1. The van der Waals surface area contributed by atoms with Crippen LogP contribution in [0.15, 0.2) is 39.1 Å². The molecule has 106 valence electrons. The maximum absolute atomic E-state index is 12.3. The van der Waals surface area contributed by atoms with Crippen LogP contribution < -0.4 is 0 Å². The van der Waals surface area contributed by atoms with Crippen LogP contribution in [0.5, 0.6) is 0 Å². The lowest BCUT2D eigenvalue weighted by atomic mass is 10.4. The number of halogens is 2. The van der Waals surface area contributed by atoms with E-state index in [1.807, 2.05) is 0 Å². The van der Waals surface area contributed by atoms with Crippen LogP contribution in [0.2, 0.25) is 0 Å². The summed E-state index contributed by atoms with van der Waals surface area (Å²) in [6.07, 6.45) is 0. The van der Waals surface area contributed by atoms with Crippen LogP contribution in [-0.2, 0) is 9.84 Å². The van der Waals surface area contributed by atoms with Crippen LogP contribution in [0.4, 0.5) is 5.00 Å². The second kappa shape index (κ2) is 5.76. The van der Waals surface area contributed by atoms with Gasteiger partial charge in [-0.2, -0.15) is 0 Å². The molecule has 1 aromatic heterocycles. The van der Waals surface area contributed by atoms with Gasteiger partial charge in [0.15, 0.2) is 14.3 Å². The number of hydrogen-bond acceptors (Lipinski definition) is 6. The Morgan fingerprint density at radius 3 is 2.50 bits per heavy atom. The number of nitro groups is 1. The summed E-state index contributed by atoms with van der Waals surface area (Å²) >= 11 is 9.64. The lowest BCUT2D eigenvalue weighted by Crippen LogP contribution is -2.10. The molecule has 0 aliphatic heterocycles. The molecule has 0 saturated heterocycles. The first-order valence-corrected chi connectivity index (χ1v) is 8.67. The maximum atomic E-state index is 12.3. The van der Waals surface area contributed by atoms with Crippen LogP contribution in [0.3, 0.4) is 0 Å². The van der Waals surface area contributed by atoms with Crippen molar-refractivity contribution in [2.75, 3.05) is 0 Å². The first-order chi connectivity index (χ1) is 9.34. The van der Waals surface area contributed by atoms with E-state index >= 15 is 0 Å². The molecule has 0 N–H and O–H groups in total. The molecule has 0 aliphatic rings. The average Bonchev–Trinajstić information content (AvgIpc) is 2.81. The van der Waals surface area contributed by atoms with E-state index in [9.17, 15) is 18.5 Å². The van der Waals surface area contributed by atoms with Gasteiger partial charge < -0.3 is 0 Å². The molecule has 1 aromatic carbocycles. The number of hydrogen-bond donors (Lipinski definition) is 0. The van der Waals surface area contributed by atoms with E-state index in [0.717, 1.165) is 11.3 Å². The summed E-state index contributed by atoms with van der Waals surface area (Å²) in [6, 6.07) is 7.49. The number of nitrogens with zero attached hydrogens (tertiary/aromatic N) is 2. The second-order valence-electron chi connectivity index (χ2n) is 3.59. The predicted octanol–water partition coefficient (Wildman–Crippen LogP) is 3.53. The molecular weight excluding hydrogens is 392 g/mol. The van der Waals surface area contributed by atoms with Gasteiger partial charge in [-0.1, -0.05) is 29.8 Å². The van der Waals surface area contributed by atoms with E-state index < -0.39 is 24.5 Å². The van der Waals surface area contributed by atoms with Crippen molar-refractivity contribution < 1.29 is 13.3 Å². The lowest BCUT2D eigenvalue weighted by Gasteiger charge is -2.08. The fourth-order valence-electron chi connectivity index (χ4n) is 1.45. The molecule has 1 heterocycles. The third-order valence-corrected chi connectivity index (χ3v) is 6.42. The van der Waals surface area contributed by atoms with Crippen LogP contribution in [0.1, 0.15) is 10.4 Å². The number of aromatic nitrogens is 1. The molecule has 0 bridgehead atoms. The molecule has 10 heteroatoms. The van der Waals surface area contributed by atoms with Gasteiger partial charge >= 0.3 is 5.00 Å². The highest BCUT2D eigenvalue weighted by molar-refractivity contribution is 9.11. The minimum absolute atomic E-state index is 0.0154. The Morgan fingerprint density at radius 1 is 1.35 bits per heavy atom. The normalized spacial score (nSPS) is 13.1. The average molecular weight is 398 g/mol.